The van der Waals surface area contributed by atoms with E-state index in [2.05, 4.69) is 10.3 Å². The van der Waals surface area contributed by atoms with E-state index in [4.69, 9.17) is 11.6 Å². The van der Waals surface area contributed by atoms with Crippen LogP contribution in [0.1, 0.15) is 23.2 Å². The summed E-state index contributed by atoms with van der Waals surface area (Å²) in [7, 11) is 0. The van der Waals surface area contributed by atoms with E-state index in [-0.39, 0.29) is 18.0 Å². The zero-order valence-electron chi connectivity index (χ0n) is 13.6. The molecule has 0 saturated carbocycles. The summed E-state index contributed by atoms with van der Waals surface area (Å²) in [4.78, 5) is 29.6. The molecule has 3 rings (SSSR count). The van der Waals surface area contributed by atoms with Crippen molar-refractivity contribution in [3.8, 4) is 0 Å². The number of hydrogen-bond acceptors (Lipinski definition) is 4. The number of aromatic nitrogens is 2. The van der Waals surface area contributed by atoms with E-state index in [1.54, 1.807) is 18.2 Å². The summed E-state index contributed by atoms with van der Waals surface area (Å²) in [5.41, 5.74) is 2.99. The van der Waals surface area contributed by atoms with Crippen molar-refractivity contribution in [3.05, 3.63) is 50.4 Å². The first-order chi connectivity index (χ1) is 11.5. The van der Waals surface area contributed by atoms with Gasteiger partial charge < -0.3 is 5.32 Å². The lowest BCUT2D eigenvalue weighted by Gasteiger charge is -2.14. The fourth-order valence-electron chi connectivity index (χ4n) is 2.88. The largest absolute Gasteiger partial charge is 0.324 e. The van der Waals surface area contributed by atoms with Crippen LogP contribution in [0.2, 0.25) is 5.02 Å². The van der Waals surface area contributed by atoms with E-state index in [9.17, 15) is 9.59 Å². The highest BCUT2D eigenvalue weighted by Gasteiger charge is 2.21. The van der Waals surface area contributed by atoms with Crippen molar-refractivity contribution >= 4 is 35.0 Å². The van der Waals surface area contributed by atoms with Gasteiger partial charge in [0.25, 0.3) is 5.56 Å². The molecule has 1 aromatic carbocycles. The first kappa shape index (κ1) is 17.0. The second kappa shape index (κ2) is 6.99. The Morgan fingerprint density at radius 3 is 2.96 bits per heavy atom. The molecule has 1 aliphatic carbocycles. The van der Waals surface area contributed by atoms with Gasteiger partial charge in [-0.1, -0.05) is 29.4 Å². The lowest BCUT2D eigenvalue weighted by Crippen LogP contribution is -2.32. The number of rotatable bonds is 4. The predicted octanol–water partition coefficient (Wildman–Crippen LogP) is 3.05. The van der Waals surface area contributed by atoms with Gasteiger partial charge in [-0.05, 0) is 50.1 Å². The Balaban J connectivity index is 1.87. The van der Waals surface area contributed by atoms with Crippen molar-refractivity contribution in [2.24, 2.45) is 0 Å². The summed E-state index contributed by atoms with van der Waals surface area (Å²) in [6.07, 6.45) is 4.39. The summed E-state index contributed by atoms with van der Waals surface area (Å²) in [5, 5.41) is 4.00. The number of carbonyl (C=O) groups excluding carboxylic acids is 1. The Morgan fingerprint density at radius 1 is 1.42 bits per heavy atom. The summed E-state index contributed by atoms with van der Waals surface area (Å²) in [6.45, 7) is 1.79. The molecule has 1 aliphatic rings. The maximum absolute atomic E-state index is 12.7. The van der Waals surface area contributed by atoms with Crippen molar-refractivity contribution in [1.29, 1.82) is 0 Å². The second-order valence-electron chi connectivity index (χ2n) is 5.73. The van der Waals surface area contributed by atoms with Gasteiger partial charge in [0.2, 0.25) is 5.91 Å². The van der Waals surface area contributed by atoms with Crippen molar-refractivity contribution < 1.29 is 4.79 Å². The molecule has 0 unspecified atom stereocenters. The molecule has 126 valence electrons. The molecule has 2 aromatic rings. The van der Waals surface area contributed by atoms with Gasteiger partial charge in [-0.2, -0.15) is 0 Å². The van der Waals surface area contributed by atoms with Gasteiger partial charge in [0.05, 0.1) is 5.69 Å². The third-order valence-corrected chi connectivity index (χ3v) is 5.27. The molecule has 1 heterocycles. The van der Waals surface area contributed by atoms with Crippen LogP contribution in [-0.4, -0.2) is 21.7 Å². The zero-order chi connectivity index (χ0) is 17.3. The third-order valence-electron chi connectivity index (χ3n) is 4.18. The standard InChI is InChI=1S/C17H18ClN3O2S/c1-10-12(18)6-4-7-13(10)19-15(22)9-21-16(23)11-5-3-8-14(11)20-17(21)24-2/h4,6-7H,3,5,8-9H2,1-2H3,(H,19,22). The van der Waals surface area contributed by atoms with Crippen molar-refractivity contribution in [1.82, 2.24) is 9.55 Å². The number of benzene rings is 1. The lowest BCUT2D eigenvalue weighted by molar-refractivity contribution is -0.116. The fraction of sp³-hybridized carbons (Fsp3) is 0.353. The van der Waals surface area contributed by atoms with Crippen molar-refractivity contribution in [2.45, 2.75) is 37.9 Å². The van der Waals surface area contributed by atoms with Gasteiger partial charge in [0.1, 0.15) is 6.54 Å². The molecule has 0 aliphatic heterocycles. The van der Waals surface area contributed by atoms with Crippen LogP contribution < -0.4 is 10.9 Å². The molecule has 0 saturated heterocycles. The summed E-state index contributed by atoms with van der Waals surface area (Å²) in [6, 6.07) is 5.34. The molecule has 5 nitrogen and oxygen atoms in total. The molecule has 0 fully saturated rings. The molecule has 0 bridgehead atoms. The molecular weight excluding hydrogens is 346 g/mol. The van der Waals surface area contributed by atoms with Crippen LogP contribution in [-0.2, 0) is 24.2 Å². The van der Waals surface area contributed by atoms with Crippen LogP contribution in [0.3, 0.4) is 0 Å². The second-order valence-corrected chi connectivity index (χ2v) is 6.91. The quantitative estimate of drug-likeness (QED) is 0.669. The van der Waals surface area contributed by atoms with Gasteiger partial charge >= 0.3 is 0 Å². The van der Waals surface area contributed by atoms with E-state index in [0.29, 0.717) is 15.9 Å². The highest BCUT2D eigenvalue weighted by atomic mass is 35.5. The van der Waals surface area contributed by atoms with Crippen LogP contribution in [0.5, 0.6) is 0 Å². The minimum Gasteiger partial charge on any atom is -0.324 e. The number of halogens is 1. The van der Waals surface area contributed by atoms with Gasteiger partial charge in [-0.15, -0.1) is 0 Å². The number of nitrogens with zero attached hydrogens (tertiary/aromatic N) is 2. The molecule has 1 aromatic heterocycles. The molecule has 1 N–H and O–H groups in total. The Bertz CT molecular complexity index is 864. The first-order valence-electron chi connectivity index (χ1n) is 7.72. The van der Waals surface area contributed by atoms with Crippen LogP contribution in [0.4, 0.5) is 5.69 Å². The van der Waals surface area contributed by atoms with E-state index >= 15 is 0 Å². The molecule has 24 heavy (non-hydrogen) atoms. The SMILES string of the molecule is CSc1nc2c(c(=O)n1CC(=O)Nc1cccc(Cl)c1C)CCC2. The average molecular weight is 364 g/mol. The summed E-state index contributed by atoms with van der Waals surface area (Å²) < 4.78 is 1.46. The van der Waals surface area contributed by atoms with Crippen molar-refractivity contribution in [3.63, 3.8) is 0 Å². The number of fused-ring (bicyclic) bond motifs is 1. The zero-order valence-corrected chi connectivity index (χ0v) is 15.1. The Hall–Kier alpha value is -1.79. The molecule has 7 heteroatoms. The number of aryl methyl sites for hydroxylation is 1. The maximum atomic E-state index is 12.7. The normalized spacial score (nSPS) is 13.0. The Labute approximate surface area is 149 Å². The average Bonchev–Trinajstić information content (AvgIpc) is 3.03. The number of carbonyl (C=O) groups is 1. The lowest BCUT2D eigenvalue weighted by atomic mass is 10.2. The Kier molecular flexibility index (Phi) is 4.96. The number of hydrogen-bond donors (Lipinski definition) is 1. The van der Waals surface area contributed by atoms with Crippen LogP contribution >= 0.6 is 23.4 Å². The molecule has 0 radical (unpaired) electrons. The topological polar surface area (TPSA) is 64.0 Å². The number of anilines is 1. The van der Waals surface area contributed by atoms with Gasteiger partial charge in [-0.3, -0.25) is 14.2 Å². The van der Waals surface area contributed by atoms with Gasteiger partial charge in [0.15, 0.2) is 5.16 Å². The summed E-state index contributed by atoms with van der Waals surface area (Å²) >= 11 is 7.45. The minimum absolute atomic E-state index is 0.0543. The van der Waals surface area contributed by atoms with Crippen LogP contribution in [0, 0.1) is 6.92 Å². The highest BCUT2D eigenvalue weighted by Crippen LogP contribution is 2.23. The highest BCUT2D eigenvalue weighted by molar-refractivity contribution is 7.98. The predicted molar refractivity (Wildman–Crippen MR) is 97.1 cm³/mol. The van der Waals surface area contributed by atoms with E-state index < -0.39 is 0 Å². The molecule has 1 amide bonds. The van der Waals surface area contributed by atoms with Gasteiger partial charge in [0, 0.05) is 16.3 Å². The molecule has 0 spiro atoms. The van der Waals surface area contributed by atoms with E-state index in [0.717, 1.165) is 36.1 Å². The number of amides is 1. The monoisotopic (exact) mass is 363 g/mol. The van der Waals surface area contributed by atoms with Gasteiger partial charge in [-0.25, -0.2) is 4.98 Å². The number of nitrogens with one attached hydrogen (secondary N) is 1. The van der Waals surface area contributed by atoms with Crippen LogP contribution in [0.15, 0.2) is 28.2 Å². The van der Waals surface area contributed by atoms with Crippen molar-refractivity contribution in [2.75, 3.05) is 11.6 Å². The molecule has 0 atom stereocenters. The summed E-state index contributed by atoms with van der Waals surface area (Å²) in [5.74, 6) is -0.266. The maximum Gasteiger partial charge on any atom is 0.258 e. The fourth-order valence-corrected chi connectivity index (χ4v) is 3.62. The molecular formula is C17H18ClN3O2S. The van der Waals surface area contributed by atoms with Crippen LogP contribution in [0.25, 0.3) is 0 Å². The van der Waals surface area contributed by atoms with E-state index in [1.807, 2.05) is 13.2 Å². The minimum atomic E-state index is -0.266. The first-order valence-corrected chi connectivity index (χ1v) is 9.33. The third kappa shape index (κ3) is 3.21. The number of thioether (sulfide) groups is 1. The van der Waals surface area contributed by atoms with E-state index in [1.165, 1.54) is 16.3 Å². The Morgan fingerprint density at radius 2 is 2.21 bits per heavy atom. The smallest absolute Gasteiger partial charge is 0.258 e.